The molecule has 78 valence electrons. The Kier molecular flexibility index (Phi) is 3.68. The molecule has 1 atom stereocenters. The van der Waals surface area contributed by atoms with Gasteiger partial charge in [0.25, 0.3) is 0 Å². The van der Waals surface area contributed by atoms with E-state index in [2.05, 4.69) is 41.1 Å². The van der Waals surface area contributed by atoms with Crippen LogP contribution in [0, 0.1) is 0 Å². The molecule has 1 aromatic heterocycles. The van der Waals surface area contributed by atoms with E-state index in [1.165, 1.54) is 0 Å². The Bertz CT molecular complexity index is 287. The maximum Gasteiger partial charge on any atom is 0.134 e. The number of rotatable bonds is 4. The summed E-state index contributed by atoms with van der Waals surface area (Å²) < 4.78 is 0. The summed E-state index contributed by atoms with van der Waals surface area (Å²) in [4.78, 5) is 10.5. The van der Waals surface area contributed by atoms with Gasteiger partial charge in [0.05, 0.1) is 0 Å². The van der Waals surface area contributed by atoms with Gasteiger partial charge in [-0.3, -0.25) is 0 Å². The quantitative estimate of drug-likeness (QED) is 0.793. The normalized spacial score (nSPS) is 12.3. The van der Waals surface area contributed by atoms with Crippen LogP contribution in [0.1, 0.15) is 20.3 Å². The van der Waals surface area contributed by atoms with Gasteiger partial charge in [-0.05, 0) is 13.3 Å². The summed E-state index contributed by atoms with van der Waals surface area (Å²) in [7, 11) is 3.91. The van der Waals surface area contributed by atoms with Gasteiger partial charge in [0.1, 0.15) is 18.0 Å². The molecule has 0 bridgehead atoms. The number of nitrogens with one attached hydrogen (secondary N) is 1. The summed E-state index contributed by atoms with van der Waals surface area (Å²) in [6, 6.07) is 2.45. The molecule has 0 aliphatic heterocycles. The second kappa shape index (κ2) is 4.79. The fourth-order valence-electron chi connectivity index (χ4n) is 1.18. The molecule has 0 saturated carbocycles. The predicted octanol–water partition coefficient (Wildman–Crippen LogP) is 1.75. The lowest BCUT2D eigenvalue weighted by atomic mass is 10.2. The molecule has 0 saturated heterocycles. The SMILES string of the molecule is CCC(C)N(C)c1cc(NC)ncn1. The third kappa shape index (κ3) is 2.34. The van der Waals surface area contributed by atoms with E-state index < -0.39 is 0 Å². The van der Waals surface area contributed by atoms with Crippen molar-refractivity contribution in [2.45, 2.75) is 26.3 Å². The average Bonchev–Trinajstić information content (AvgIpc) is 2.27. The lowest BCUT2D eigenvalue weighted by molar-refractivity contribution is 0.656. The van der Waals surface area contributed by atoms with Crippen LogP contribution in [-0.4, -0.2) is 30.1 Å². The number of hydrogen-bond acceptors (Lipinski definition) is 4. The second-order valence-corrected chi connectivity index (χ2v) is 3.38. The van der Waals surface area contributed by atoms with E-state index in [0.717, 1.165) is 18.1 Å². The zero-order valence-corrected chi connectivity index (χ0v) is 9.28. The maximum atomic E-state index is 4.23. The van der Waals surface area contributed by atoms with Crippen LogP contribution in [0.3, 0.4) is 0 Å². The Morgan fingerprint density at radius 1 is 1.50 bits per heavy atom. The van der Waals surface area contributed by atoms with E-state index in [4.69, 9.17) is 0 Å². The zero-order valence-electron chi connectivity index (χ0n) is 9.28. The minimum absolute atomic E-state index is 0.495. The Hall–Kier alpha value is -1.32. The summed E-state index contributed by atoms with van der Waals surface area (Å²) in [5, 5.41) is 3.00. The first-order valence-electron chi connectivity index (χ1n) is 4.91. The molecule has 1 rings (SSSR count). The molecule has 0 aliphatic rings. The molecule has 0 aliphatic carbocycles. The van der Waals surface area contributed by atoms with E-state index in [1.54, 1.807) is 6.33 Å². The fourth-order valence-corrected chi connectivity index (χ4v) is 1.18. The van der Waals surface area contributed by atoms with Crippen LogP contribution in [0.25, 0.3) is 0 Å². The maximum absolute atomic E-state index is 4.23. The molecule has 0 radical (unpaired) electrons. The Morgan fingerprint density at radius 3 is 2.79 bits per heavy atom. The van der Waals surface area contributed by atoms with Crippen molar-refractivity contribution in [2.75, 3.05) is 24.3 Å². The molecule has 4 nitrogen and oxygen atoms in total. The van der Waals surface area contributed by atoms with E-state index in [0.29, 0.717) is 6.04 Å². The van der Waals surface area contributed by atoms with E-state index in [-0.39, 0.29) is 0 Å². The zero-order chi connectivity index (χ0) is 10.6. The standard InChI is InChI=1S/C10H18N4/c1-5-8(2)14(4)10-6-9(11-3)12-7-13-10/h6-8H,5H2,1-4H3,(H,11,12,13). The molecule has 0 amide bonds. The monoisotopic (exact) mass is 194 g/mol. The van der Waals surface area contributed by atoms with Crippen LogP contribution >= 0.6 is 0 Å². The van der Waals surface area contributed by atoms with Crippen molar-refractivity contribution < 1.29 is 0 Å². The highest BCUT2D eigenvalue weighted by Crippen LogP contribution is 2.15. The smallest absolute Gasteiger partial charge is 0.134 e. The molecule has 0 fully saturated rings. The molecule has 4 heteroatoms. The Labute approximate surface area is 85.4 Å². The number of hydrogen-bond donors (Lipinski definition) is 1. The first-order chi connectivity index (χ1) is 6.69. The largest absolute Gasteiger partial charge is 0.373 e. The molecule has 14 heavy (non-hydrogen) atoms. The highest BCUT2D eigenvalue weighted by Gasteiger charge is 2.09. The fraction of sp³-hybridized carbons (Fsp3) is 0.600. The van der Waals surface area contributed by atoms with Crippen molar-refractivity contribution in [1.82, 2.24) is 9.97 Å². The van der Waals surface area contributed by atoms with Crippen LogP contribution < -0.4 is 10.2 Å². The molecular formula is C10H18N4. The molecule has 0 spiro atoms. The minimum atomic E-state index is 0.495. The van der Waals surface area contributed by atoms with Crippen molar-refractivity contribution in [3.05, 3.63) is 12.4 Å². The summed E-state index contributed by atoms with van der Waals surface area (Å²) >= 11 is 0. The van der Waals surface area contributed by atoms with E-state index in [9.17, 15) is 0 Å². The molecule has 1 N–H and O–H groups in total. The summed E-state index contributed by atoms with van der Waals surface area (Å²) in [6.45, 7) is 4.35. The number of anilines is 2. The summed E-state index contributed by atoms with van der Waals surface area (Å²) in [5.74, 6) is 1.81. The van der Waals surface area contributed by atoms with Gasteiger partial charge in [-0.15, -0.1) is 0 Å². The Morgan fingerprint density at radius 2 is 2.21 bits per heavy atom. The van der Waals surface area contributed by atoms with Crippen molar-refractivity contribution in [3.63, 3.8) is 0 Å². The van der Waals surface area contributed by atoms with Gasteiger partial charge in [0, 0.05) is 26.2 Å². The third-order valence-corrected chi connectivity index (χ3v) is 2.52. The van der Waals surface area contributed by atoms with E-state index in [1.807, 2.05) is 13.1 Å². The summed E-state index contributed by atoms with van der Waals surface area (Å²) in [5.41, 5.74) is 0. The van der Waals surface area contributed by atoms with Crippen LogP contribution in [0.15, 0.2) is 12.4 Å². The predicted molar refractivity (Wildman–Crippen MR) is 59.7 cm³/mol. The van der Waals surface area contributed by atoms with Crippen molar-refractivity contribution in [1.29, 1.82) is 0 Å². The van der Waals surface area contributed by atoms with Gasteiger partial charge < -0.3 is 10.2 Å². The minimum Gasteiger partial charge on any atom is -0.373 e. The van der Waals surface area contributed by atoms with Gasteiger partial charge in [-0.2, -0.15) is 0 Å². The van der Waals surface area contributed by atoms with Gasteiger partial charge in [0.2, 0.25) is 0 Å². The second-order valence-electron chi connectivity index (χ2n) is 3.38. The van der Waals surface area contributed by atoms with Gasteiger partial charge >= 0.3 is 0 Å². The molecule has 0 aromatic carbocycles. The van der Waals surface area contributed by atoms with E-state index >= 15 is 0 Å². The number of aromatic nitrogens is 2. The van der Waals surface area contributed by atoms with Crippen molar-refractivity contribution in [3.8, 4) is 0 Å². The van der Waals surface area contributed by atoms with Gasteiger partial charge in [0.15, 0.2) is 0 Å². The molecular weight excluding hydrogens is 176 g/mol. The Balaban J connectivity index is 2.83. The third-order valence-electron chi connectivity index (χ3n) is 2.52. The topological polar surface area (TPSA) is 41.0 Å². The molecule has 1 heterocycles. The van der Waals surface area contributed by atoms with Crippen LogP contribution in [0.4, 0.5) is 11.6 Å². The van der Waals surface area contributed by atoms with Crippen LogP contribution in [0.5, 0.6) is 0 Å². The van der Waals surface area contributed by atoms with Gasteiger partial charge in [-0.25, -0.2) is 9.97 Å². The average molecular weight is 194 g/mol. The number of nitrogens with zero attached hydrogens (tertiary/aromatic N) is 3. The first-order valence-corrected chi connectivity index (χ1v) is 4.91. The van der Waals surface area contributed by atoms with Crippen molar-refractivity contribution >= 4 is 11.6 Å². The van der Waals surface area contributed by atoms with Crippen LogP contribution in [0.2, 0.25) is 0 Å². The molecule has 1 aromatic rings. The van der Waals surface area contributed by atoms with Crippen LogP contribution in [-0.2, 0) is 0 Å². The molecule has 1 unspecified atom stereocenters. The highest BCUT2D eigenvalue weighted by atomic mass is 15.2. The van der Waals surface area contributed by atoms with Gasteiger partial charge in [-0.1, -0.05) is 6.92 Å². The first kappa shape index (κ1) is 10.8. The van der Waals surface area contributed by atoms with Crippen molar-refractivity contribution in [2.24, 2.45) is 0 Å². The highest BCUT2D eigenvalue weighted by molar-refractivity contribution is 5.47. The summed E-state index contributed by atoms with van der Waals surface area (Å²) in [6.07, 6.45) is 2.69. The lowest BCUT2D eigenvalue weighted by Gasteiger charge is -2.24. The lowest BCUT2D eigenvalue weighted by Crippen LogP contribution is -2.28.